The van der Waals surface area contributed by atoms with Gasteiger partial charge in [-0.3, -0.25) is 0 Å². The van der Waals surface area contributed by atoms with Crippen LogP contribution in [0.5, 0.6) is 0 Å². The van der Waals surface area contributed by atoms with Crippen LogP contribution in [0.25, 0.3) is 22.3 Å². The maximum atomic E-state index is 6.28. The Balaban J connectivity index is 2.29. The summed E-state index contributed by atoms with van der Waals surface area (Å²) >= 11 is 9.74. The minimum Gasteiger partial charge on any atom is -0.373 e. The van der Waals surface area contributed by atoms with E-state index < -0.39 is 0 Å². The monoisotopic (exact) mass is 361 g/mol. The molecular weight excluding hydrogens is 350 g/mol. The van der Waals surface area contributed by atoms with Crippen molar-refractivity contribution in [3.8, 4) is 11.4 Å². The van der Waals surface area contributed by atoms with Crippen LogP contribution in [0.15, 0.2) is 40.9 Å². The molecule has 0 bridgehead atoms. The minimum absolute atomic E-state index is 0.613. The third-order valence-corrected chi connectivity index (χ3v) is 4.08. The molecule has 2 aromatic carbocycles. The molecule has 1 aromatic heterocycles. The Morgan fingerprint density at radius 3 is 2.67 bits per heavy atom. The molecule has 5 heteroatoms. The largest absolute Gasteiger partial charge is 0.373 e. The van der Waals surface area contributed by atoms with Gasteiger partial charge in [0.1, 0.15) is 5.82 Å². The normalized spacial score (nSPS) is 10.9. The number of nitrogens with zero attached hydrogens (tertiary/aromatic N) is 2. The van der Waals surface area contributed by atoms with Gasteiger partial charge in [-0.15, -0.1) is 0 Å². The molecule has 0 radical (unpaired) electrons. The summed E-state index contributed by atoms with van der Waals surface area (Å²) in [7, 11) is 1.86. The number of hydrogen-bond acceptors (Lipinski definition) is 3. The molecule has 0 saturated heterocycles. The van der Waals surface area contributed by atoms with Crippen molar-refractivity contribution in [3.63, 3.8) is 0 Å². The molecule has 0 fully saturated rings. The molecule has 21 heavy (non-hydrogen) atoms. The Kier molecular flexibility index (Phi) is 3.83. The van der Waals surface area contributed by atoms with E-state index in [1.807, 2.05) is 37.4 Å². The third kappa shape index (κ3) is 2.74. The zero-order chi connectivity index (χ0) is 15.0. The number of anilines is 1. The van der Waals surface area contributed by atoms with E-state index in [0.717, 1.165) is 26.8 Å². The summed E-state index contributed by atoms with van der Waals surface area (Å²) < 4.78 is 0.945. The van der Waals surface area contributed by atoms with Gasteiger partial charge in [0.05, 0.1) is 10.5 Å². The standard InChI is InChI=1S/C16H13BrClN3/c1-9-3-6-14-12(7-9)15(19-2)21-16(20-14)11-8-10(17)4-5-13(11)18/h3-8H,1-2H3,(H,19,20,21). The highest BCUT2D eigenvalue weighted by molar-refractivity contribution is 9.10. The number of rotatable bonds is 2. The van der Waals surface area contributed by atoms with Crippen molar-refractivity contribution in [2.75, 3.05) is 12.4 Å². The summed E-state index contributed by atoms with van der Waals surface area (Å²) in [6, 6.07) is 11.8. The number of aryl methyl sites for hydroxylation is 1. The summed E-state index contributed by atoms with van der Waals surface area (Å²) in [5, 5.41) is 4.77. The van der Waals surface area contributed by atoms with Crippen LogP contribution in [0.3, 0.4) is 0 Å². The van der Waals surface area contributed by atoms with Crippen LogP contribution in [0.4, 0.5) is 5.82 Å². The molecule has 0 amide bonds. The van der Waals surface area contributed by atoms with Crippen molar-refractivity contribution >= 4 is 44.3 Å². The second-order valence-corrected chi connectivity index (χ2v) is 6.11. The molecular formula is C16H13BrClN3. The van der Waals surface area contributed by atoms with Crippen LogP contribution in [0, 0.1) is 6.92 Å². The van der Waals surface area contributed by atoms with Crippen molar-refractivity contribution in [2.24, 2.45) is 0 Å². The highest BCUT2D eigenvalue weighted by Gasteiger charge is 2.12. The fraction of sp³-hybridized carbons (Fsp3) is 0.125. The van der Waals surface area contributed by atoms with E-state index in [9.17, 15) is 0 Å². The van der Waals surface area contributed by atoms with Crippen LogP contribution < -0.4 is 5.32 Å². The molecule has 106 valence electrons. The van der Waals surface area contributed by atoms with E-state index in [4.69, 9.17) is 11.6 Å². The first-order valence-electron chi connectivity index (χ1n) is 6.50. The highest BCUT2D eigenvalue weighted by Crippen LogP contribution is 2.31. The molecule has 0 spiro atoms. The van der Waals surface area contributed by atoms with Crippen LogP contribution in [-0.4, -0.2) is 17.0 Å². The molecule has 0 unspecified atom stereocenters. The Morgan fingerprint density at radius 2 is 1.90 bits per heavy atom. The molecule has 0 atom stereocenters. The van der Waals surface area contributed by atoms with Crippen molar-refractivity contribution in [2.45, 2.75) is 6.92 Å². The average molecular weight is 363 g/mol. The lowest BCUT2D eigenvalue weighted by molar-refractivity contribution is 1.21. The topological polar surface area (TPSA) is 37.8 Å². The van der Waals surface area contributed by atoms with E-state index in [0.29, 0.717) is 10.8 Å². The molecule has 3 aromatic rings. The molecule has 3 rings (SSSR count). The lowest BCUT2D eigenvalue weighted by Gasteiger charge is -2.10. The van der Waals surface area contributed by atoms with Gasteiger partial charge in [-0.05, 0) is 37.3 Å². The zero-order valence-corrected chi connectivity index (χ0v) is 14.0. The smallest absolute Gasteiger partial charge is 0.163 e. The number of nitrogens with one attached hydrogen (secondary N) is 1. The second-order valence-electron chi connectivity index (χ2n) is 4.79. The number of hydrogen-bond donors (Lipinski definition) is 1. The van der Waals surface area contributed by atoms with Crippen molar-refractivity contribution in [1.82, 2.24) is 9.97 Å². The van der Waals surface area contributed by atoms with Gasteiger partial charge in [-0.25, -0.2) is 9.97 Å². The Labute approximate surface area is 136 Å². The Bertz CT molecular complexity index is 833. The first-order valence-corrected chi connectivity index (χ1v) is 7.67. The summed E-state index contributed by atoms with van der Waals surface area (Å²) in [4.78, 5) is 9.25. The van der Waals surface area contributed by atoms with E-state index in [1.54, 1.807) is 0 Å². The lowest BCUT2D eigenvalue weighted by Crippen LogP contribution is -1.99. The van der Waals surface area contributed by atoms with E-state index >= 15 is 0 Å². The average Bonchev–Trinajstić information content (AvgIpc) is 2.48. The predicted octanol–water partition coefficient (Wildman–Crippen LogP) is 5.06. The van der Waals surface area contributed by atoms with Gasteiger partial charge in [-0.2, -0.15) is 0 Å². The van der Waals surface area contributed by atoms with Gasteiger partial charge in [0, 0.05) is 22.5 Å². The quantitative estimate of drug-likeness (QED) is 0.692. The first kappa shape index (κ1) is 14.3. The summed E-state index contributed by atoms with van der Waals surface area (Å²) in [6.45, 7) is 2.05. The molecule has 3 nitrogen and oxygen atoms in total. The molecule has 0 aliphatic rings. The molecule has 1 N–H and O–H groups in total. The number of benzene rings is 2. The highest BCUT2D eigenvalue weighted by atomic mass is 79.9. The van der Waals surface area contributed by atoms with Crippen LogP contribution in [0.1, 0.15) is 5.56 Å². The van der Waals surface area contributed by atoms with Gasteiger partial charge in [0.25, 0.3) is 0 Å². The maximum absolute atomic E-state index is 6.28. The Hall–Kier alpha value is -1.65. The Morgan fingerprint density at radius 1 is 1.10 bits per heavy atom. The second kappa shape index (κ2) is 5.62. The van der Waals surface area contributed by atoms with Crippen LogP contribution in [0.2, 0.25) is 5.02 Å². The zero-order valence-electron chi connectivity index (χ0n) is 11.6. The molecule has 0 aliphatic heterocycles. The van der Waals surface area contributed by atoms with Crippen molar-refractivity contribution < 1.29 is 0 Å². The lowest BCUT2D eigenvalue weighted by atomic mass is 10.1. The molecule has 0 saturated carbocycles. The van der Waals surface area contributed by atoms with E-state index in [2.05, 4.69) is 44.2 Å². The fourth-order valence-electron chi connectivity index (χ4n) is 2.22. The summed E-state index contributed by atoms with van der Waals surface area (Å²) in [5.41, 5.74) is 2.88. The van der Waals surface area contributed by atoms with Crippen LogP contribution >= 0.6 is 27.5 Å². The predicted molar refractivity (Wildman–Crippen MR) is 92.0 cm³/mol. The van der Waals surface area contributed by atoms with Crippen molar-refractivity contribution in [1.29, 1.82) is 0 Å². The SMILES string of the molecule is CNc1nc(-c2cc(Br)ccc2Cl)nc2ccc(C)cc12. The number of halogens is 2. The maximum Gasteiger partial charge on any atom is 0.163 e. The third-order valence-electron chi connectivity index (χ3n) is 3.26. The van der Waals surface area contributed by atoms with E-state index in [-0.39, 0.29) is 0 Å². The van der Waals surface area contributed by atoms with Gasteiger partial charge in [-0.1, -0.05) is 39.2 Å². The van der Waals surface area contributed by atoms with Gasteiger partial charge in [0.2, 0.25) is 0 Å². The molecule has 0 aliphatic carbocycles. The molecule has 1 heterocycles. The number of fused-ring (bicyclic) bond motifs is 1. The van der Waals surface area contributed by atoms with Gasteiger partial charge in [0.15, 0.2) is 5.82 Å². The summed E-state index contributed by atoms with van der Waals surface area (Å²) in [5.74, 6) is 1.41. The minimum atomic E-state index is 0.613. The fourth-order valence-corrected chi connectivity index (χ4v) is 2.79. The van der Waals surface area contributed by atoms with Gasteiger partial charge < -0.3 is 5.32 Å². The summed E-state index contributed by atoms with van der Waals surface area (Å²) in [6.07, 6.45) is 0. The van der Waals surface area contributed by atoms with Crippen molar-refractivity contribution in [3.05, 3.63) is 51.5 Å². The van der Waals surface area contributed by atoms with E-state index in [1.165, 1.54) is 5.56 Å². The van der Waals surface area contributed by atoms with Crippen LogP contribution in [-0.2, 0) is 0 Å². The number of aromatic nitrogens is 2. The first-order chi connectivity index (χ1) is 10.1. The van der Waals surface area contributed by atoms with Gasteiger partial charge >= 0.3 is 0 Å².